The Morgan fingerprint density at radius 2 is 1.41 bits per heavy atom. The van der Waals surface area contributed by atoms with Gasteiger partial charge in [-0.3, -0.25) is 9.82 Å². The van der Waals surface area contributed by atoms with E-state index in [4.69, 9.17) is 14.7 Å². The molecule has 0 spiro atoms. The number of nitrogens with zero attached hydrogens (tertiary/aromatic N) is 2. The molecule has 0 radical (unpaired) electrons. The topological polar surface area (TPSA) is 116 Å². The Morgan fingerprint density at radius 1 is 0.824 bits per heavy atom. The van der Waals surface area contributed by atoms with Crippen molar-refractivity contribution in [2.24, 2.45) is 0 Å². The number of unbranched alkanes of at least 4 members (excludes halogenated alkanes) is 11. The average molecular weight is 485 g/mol. The zero-order valence-electron chi connectivity index (χ0n) is 21.1. The Bertz CT molecular complexity index is 565. The summed E-state index contributed by atoms with van der Waals surface area (Å²) in [4.78, 5) is 9.47. The SMILES string of the molecule is CON(CCCCCCCCCCCCCCc1cccnc1)[C@@H](CO)OC(CO)[C@@H](O)CO. The van der Waals surface area contributed by atoms with E-state index in [2.05, 4.69) is 11.1 Å². The number of hydroxylamine groups is 2. The predicted molar refractivity (Wildman–Crippen MR) is 133 cm³/mol. The molecule has 0 aliphatic heterocycles. The van der Waals surface area contributed by atoms with E-state index in [-0.39, 0.29) is 6.61 Å². The zero-order valence-corrected chi connectivity index (χ0v) is 21.1. The fourth-order valence-corrected chi connectivity index (χ4v) is 4.04. The lowest BCUT2D eigenvalue weighted by Gasteiger charge is -2.32. The molecule has 0 aliphatic carbocycles. The molecular weight excluding hydrogens is 436 g/mol. The second-order valence-corrected chi connectivity index (χ2v) is 8.92. The highest BCUT2D eigenvalue weighted by Crippen LogP contribution is 2.14. The van der Waals surface area contributed by atoms with Gasteiger partial charge in [0.15, 0.2) is 6.23 Å². The van der Waals surface area contributed by atoms with Crippen LogP contribution in [0.5, 0.6) is 0 Å². The van der Waals surface area contributed by atoms with Crippen LogP contribution in [-0.2, 0) is 16.0 Å². The molecule has 1 rings (SSSR count). The summed E-state index contributed by atoms with van der Waals surface area (Å²) in [5, 5.41) is 39.2. The maximum atomic E-state index is 9.68. The monoisotopic (exact) mass is 484 g/mol. The molecule has 198 valence electrons. The number of aromatic nitrogens is 1. The molecule has 1 unspecified atom stereocenters. The first-order valence-corrected chi connectivity index (χ1v) is 13.0. The molecule has 0 aliphatic rings. The number of aliphatic hydroxyl groups excluding tert-OH is 4. The van der Waals surface area contributed by atoms with Crippen molar-refractivity contribution in [2.45, 2.75) is 102 Å². The number of aryl methyl sites for hydroxylation is 1. The first-order chi connectivity index (χ1) is 16.7. The van der Waals surface area contributed by atoms with E-state index in [0.717, 1.165) is 19.3 Å². The molecule has 4 N–H and O–H groups in total. The van der Waals surface area contributed by atoms with Crippen LogP contribution >= 0.6 is 0 Å². The third-order valence-electron chi connectivity index (χ3n) is 6.16. The molecule has 1 heterocycles. The van der Waals surface area contributed by atoms with E-state index in [1.54, 1.807) is 0 Å². The van der Waals surface area contributed by atoms with E-state index in [0.29, 0.717) is 6.54 Å². The first-order valence-electron chi connectivity index (χ1n) is 13.0. The highest BCUT2D eigenvalue weighted by molar-refractivity contribution is 5.08. The van der Waals surface area contributed by atoms with Crippen LogP contribution in [0.25, 0.3) is 0 Å². The molecule has 0 amide bonds. The van der Waals surface area contributed by atoms with Crippen molar-refractivity contribution >= 4 is 0 Å². The Labute approximate surface area is 205 Å². The number of pyridine rings is 1. The number of rotatable bonds is 23. The summed E-state index contributed by atoms with van der Waals surface area (Å²) in [6.45, 7) is -0.742. The maximum Gasteiger partial charge on any atom is 0.156 e. The Morgan fingerprint density at radius 3 is 1.88 bits per heavy atom. The number of aliphatic hydroxyl groups is 4. The quantitative estimate of drug-likeness (QED) is 0.106. The predicted octanol–water partition coefficient (Wildman–Crippen LogP) is 3.22. The van der Waals surface area contributed by atoms with Crippen LogP contribution in [-0.4, -0.2) is 82.4 Å². The van der Waals surface area contributed by atoms with Crippen LogP contribution in [0.2, 0.25) is 0 Å². The third kappa shape index (κ3) is 14.3. The molecule has 0 saturated carbocycles. The molecule has 1 aromatic rings. The van der Waals surface area contributed by atoms with Gasteiger partial charge >= 0.3 is 0 Å². The van der Waals surface area contributed by atoms with Crippen LogP contribution < -0.4 is 0 Å². The van der Waals surface area contributed by atoms with Crippen molar-refractivity contribution in [3.63, 3.8) is 0 Å². The van der Waals surface area contributed by atoms with Gasteiger partial charge in [0.25, 0.3) is 0 Å². The highest BCUT2D eigenvalue weighted by atomic mass is 16.7. The van der Waals surface area contributed by atoms with Crippen molar-refractivity contribution in [1.82, 2.24) is 10.0 Å². The van der Waals surface area contributed by atoms with E-state index in [1.165, 1.54) is 81.9 Å². The second kappa shape index (κ2) is 21.2. The Hall–Kier alpha value is -1.13. The van der Waals surface area contributed by atoms with Crippen molar-refractivity contribution in [2.75, 3.05) is 33.5 Å². The molecule has 1 aromatic heterocycles. The van der Waals surface area contributed by atoms with Crippen LogP contribution in [0, 0.1) is 0 Å². The van der Waals surface area contributed by atoms with Crippen molar-refractivity contribution < 1.29 is 30.0 Å². The number of ether oxygens (including phenoxy) is 1. The zero-order chi connectivity index (χ0) is 24.9. The maximum absolute atomic E-state index is 9.68. The van der Waals surface area contributed by atoms with Gasteiger partial charge in [-0.1, -0.05) is 70.3 Å². The van der Waals surface area contributed by atoms with Gasteiger partial charge in [-0.2, -0.15) is 5.06 Å². The molecule has 34 heavy (non-hydrogen) atoms. The van der Waals surface area contributed by atoms with Gasteiger partial charge in [-0.05, 0) is 30.9 Å². The van der Waals surface area contributed by atoms with E-state index in [9.17, 15) is 15.3 Å². The fourth-order valence-electron chi connectivity index (χ4n) is 4.04. The largest absolute Gasteiger partial charge is 0.394 e. The van der Waals surface area contributed by atoms with Gasteiger partial charge in [0.2, 0.25) is 0 Å². The third-order valence-corrected chi connectivity index (χ3v) is 6.16. The second-order valence-electron chi connectivity index (χ2n) is 8.92. The molecule has 3 atom stereocenters. The molecular formula is C26H48N2O6. The van der Waals surface area contributed by atoms with Crippen molar-refractivity contribution in [3.05, 3.63) is 30.1 Å². The van der Waals surface area contributed by atoms with Crippen LogP contribution in [0.4, 0.5) is 0 Å². The molecule has 0 fully saturated rings. The van der Waals surface area contributed by atoms with Gasteiger partial charge in [-0.15, -0.1) is 0 Å². The molecule has 0 saturated heterocycles. The minimum atomic E-state index is -1.21. The summed E-state index contributed by atoms with van der Waals surface area (Å²) in [5.74, 6) is 0. The summed E-state index contributed by atoms with van der Waals surface area (Å²) in [7, 11) is 1.50. The molecule has 8 nitrogen and oxygen atoms in total. The van der Waals surface area contributed by atoms with Crippen LogP contribution in [0.15, 0.2) is 24.5 Å². The van der Waals surface area contributed by atoms with Crippen LogP contribution in [0.1, 0.15) is 82.6 Å². The summed E-state index contributed by atoms with van der Waals surface area (Å²) in [6.07, 6.45) is 16.7. The number of hydrogen-bond acceptors (Lipinski definition) is 8. The minimum Gasteiger partial charge on any atom is -0.394 e. The molecule has 0 aromatic carbocycles. The van der Waals surface area contributed by atoms with E-state index >= 15 is 0 Å². The summed E-state index contributed by atoms with van der Waals surface area (Å²) >= 11 is 0. The lowest BCUT2D eigenvalue weighted by Crippen LogP contribution is -2.46. The lowest BCUT2D eigenvalue weighted by molar-refractivity contribution is -0.271. The standard InChI is InChI=1S/C26H48N2O6/c1-33-28(26(22-31)34-25(21-30)24(32)20-29)18-13-11-9-7-5-3-2-4-6-8-10-12-15-23-16-14-17-27-19-23/h14,16-17,19,24-26,29-32H,2-13,15,18,20-22H2,1H3/t24-,25?,26+/m0/s1. The van der Waals surface area contributed by atoms with Gasteiger partial charge < -0.3 is 25.2 Å². The Kier molecular flexibility index (Phi) is 19.2. The first kappa shape index (κ1) is 30.9. The van der Waals surface area contributed by atoms with E-state index in [1.807, 2.05) is 18.5 Å². The number of hydrogen-bond donors (Lipinski definition) is 4. The highest BCUT2D eigenvalue weighted by Gasteiger charge is 2.26. The van der Waals surface area contributed by atoms with Gasteiger partial charge in [-0.25, -0.2) is 0 Å². The summed E-state index contributed by atoms with van der Waals surface area (Å²) in [5.41, 5.74) is 1.34. The smallest absolute Gasteiger partial charge is 0.156 e. The normalized spacial score (nSPS) is 14.4. The van der Waals surface area contributed by atoms with E-state index < -0.39 is 31.6 Å². The average Bonchev–Trinajstić information content (AvgIpc) is 2.88. The van der Waals surface area contributed by atoms with Gasteiger partial charge in [0.05, 0.1) is 26.9 Å². The van der Waals surface area contributed by atoms with Gasteiger partial charge in [0.1, 0.15) is 12.2 Å². The lowest BCUT2D eigenvalue weighted by atomic mass is 10.0. The minimum absolute atomic E-state index is 0.340. The van der Waals surface area contributed by atoms with Crippen molar-refractivity contribution in [3.8, 4) is 0 Å². The van der Waals surface area contributed by atoms with Gasteiger partial charge in [0, 0.05) is 18.9 Å². The molecule has 0 bridgehead atoms. The Balaban J connectivity index is 1.98. The fraction of sp³-hybridized carbons (Fsp3) is 0.808. The molecule has 8 heteroatoms. The van der Waals surface area contributed by atoms with Crippen molar-refractivity contribution in [1.29, 1.82) is 0 Å². The van der Waals surface area contributed by atoms with Crippen LogP contribution in [0.3, 0.4) is 0 Å². The summed E-state index contributed by atoms with van der Waals surface area (Å²) in [6, 6.07) is 4.16. The summed E-state index contributed by atoms with van der Waals surface area (Å²) < 4.78 is 5.53.